The maximum Gasteiger partial charge on any atom is 0.315 e. The average Bonchev–Trinajstić information content (AvgIpc) is 3.28. The molecule has 1 aromatic carbocycles. The third-order valence-electron chi connectivity index (χ3n) is 5.42. The van der Waals surface area contributed by atoms with Crippen LogP contribution >= 0.6 is 0 Å². The number of carbonyl (C=O) groups is 2. The highest BCUT2D eigenvalue weighted by molar-refractivity contribution is 5.94. The van der Waals surface area contributed by atoms with Gasteiger partial charge in [-0.05, 0) is 24.1 Å². The molecule has 3 amide bonds. The Balaban J connectivity index is 1.28. The van der Waals surface area contributed by atoms with E-state index >= 15 is 0 Å². The van der Waals surface area contributed by atoms with Gasteiger partial charge in [0.1, 0.15) is 5.75 Å². The molecule has 0 aliphatic carbocycles. The maximum atomic E-state index is 12.3. The molecule has 1 saturated heterocycles. The normalized spacial score (nSPS) is 20.2. The Morgan fingerprint density at radius 3 is 3.03 bits per heavy atom. The molecule has 2 unspecified atom stereocenters. The van der Waals surface area contributed by atoms with E-state index in [4.69, 9.17) is 9.47 Å². The fourth-order valence-corrected chi connectivity index (χ4v) is 3.75. The van der Waals surface area contributed by atoms with Gasteiger partial charge in [0.15, 0.2) is 0 Å². The van der Waals surface area contributed by atoms with Gasteiger partial charge in [-0.25, -0.2) is 4.79 Å². The average molecular weight is 410 g/mol. The number of ether oxygens (including phenoxy) is 2. The monoisotopic (exact) mass is 410 g/mol. The summed E-state index contributed by atoms with van der Waals surface area (Å²) in [6.07, 6.45) is 4.70. The van der Waals surface area contributed by atoms with E-state index in [0.29, 0.717) is 37.8 Å². The highest BCUT2D eigenvalue weighted by Crippen LogP contribution is 2.31. The summed E-state index contributed by atoms with van der Waals surface area (Å²) < 4.78 is 11.3. The molecule has 0 radical (unpaired) electrons. The van der Waals surface area contributed by atoms with Crippen molar-refractivity contribution in [2.24, 2.45) is 5.92 Å². The zero-order valence-electron chi connectivity index (χ0n) is 16.7. The summed E-state index contributed by atoms with van der Waals surface area (Å²) in [6.45, 7) is 2.79. The molecule has 8 heteroatoms. The van der Waals surface area contributed by atoms with E-state index in [9.17, 15) is 9.59 Å². The van der Waals surface area contributed by atoms with Crippen molar-refractivity contribution < 1.29 is 19.1 Å². The summed E-state index contributed by atoms with van der Waals surface area (Å²) in [5.41, 5.74) is 2.71. The number of para-hydroxylation sites is 1. The molecule has 2 aliphatic rings. The number of hydrogen-bond acceptors (Lipinski definition) is 5. The van der Waals surface area contributed by atoms with Gasteiger partial charge in [0.25, 0.3) is 0 Å². The third-order valence-corrected chi connectivity index (χ3v) is 5.42. The Morgan fingerprint density at radius 2 is 2.17 bits per heavy atom. The maximum absolute atomic E-state index is 12.3. The minimum absolute atomic E-state index is 0.0350. The zero-order chi connectivity index (χ0) is 20.8. The quantitative estimate of drug-likeness (QED) is 0.651. The van der Waals surface area contributed by atoms with E-state index in [2.05, 4.69) is 20.9 Å². The second-order valence-corrected chi connectivity index (χ2v) is 7.62. The number of aromatic nitrogens is 1. The summed E-state index contributed by atoms with van der Waals surface area (Å²) >= 11 is 0. The van der Waals surface area contributed by atoms with Crippen LogP contribution in [0.4, 0.5) is 10.5 Å². The second kappa shape index (κ2) is 9.58. The van der Waals surface area contributed by atoms with E-state index in [1.165, 1.54) is 0 Å². The van der Waals surface area contributed by atoms with Gasteiger partial charge in [-0.15, -0.1) is 0 Å². The fourth-order valence-electron chi connectivity index (χ4n) is 3.75. The van der Waals surface area contributed by atoms with Crippen molar-refractivity contribution in [2.75, 3.05) is 31.7 Å². The number of urea groups is 1. The molecule has 30 heavy (non-hydrogen) atoms. The van der Waals surface area contributed by atoms with Gasteiger partial charge >= 0.3 is 6.03 Å². The molecule has 2 aromatic rings. The van der Waals surface area contributed by atoms with Crippen LogP contribution < -0.4 is 20.7 Å². The molecule has 2 aliphatic heterocycles. The molecule has 0 bridgehead atoms. The first-order chi connectivity index (χ1) is 14.7. The molecular weight excluding hydrogens is 384 g/mol. The molecule has 4 rings (SSSR count). The van der Waals surface area contributed by atoms with Crippen molar-refractivity contribution in [3.05, 3.63) is 53.9 Å². The molecule has 1 aromatic heterocycles. The minimum atomic E-state index is -0.287. The number of hydrogen-bond donors (Lipinski definition) is 3. The number of anilines is 1. The number of pyridine rings is 1. The lowest BCUT2D eigenvalue weighted by atomic mass is 9.90. The van der Waals surface area contributed by atoms with Crippen LogP contribution in [-0.2, 0) is 16.1 Å². The number of nitrogens with zero attached hydrogens (tertiary/aromatic N) is 1. The van der Waals surface area contributed by atoms with Gasteiger partial charge in [0.2, 0.25) is 5.91 Å². The third kappa shape index (κ3) is 5.07. The summed E-state index contributed by atoms with van der Waals surface area (Å²) in [5.74, 6) is 0.980. The first-order valence-corrected chi connectivity index (χ1v) is 10.2. The van der Waals surface area contributed by atoms with Crippen LogP contribution in [-0.4, -0.2) is 43.3 Å². The number of benzene rings is 1. The van der Waals surface area contributed by atoms with Crippen LogP contribution in [0.1, 0.15) is 29.9 Å². The van der Waals surface area contributed by atoms with Crippen LogP contribution in [0.25, 0.3) is 0 Å². The van der Waals surface area contributed by atoms with Crippen LogP contribution in [0.5, 0.6) is 5.75 Å². The molecule has 158 valence electrons. The zero-order valence-corrected chi connectivity index (χ0v) is 16.7. The lowest BCUT2D eigenvalue weighted by molar-refractivity contribution is -0.116. The van der Waals surface area contributed by atoms with E-state index in [1.54, 1.807) is 12.4 Å². The van der Waals surface area contributed by atoms with E-state index in [1.807, 2.05) is 30.3 Å². The van der Waals surface area contributed by atoms with Crippen LogP contribution in [0, 0.1) is 5.92 Å². The summed E-state index contributed by atoms with van der Waals surface area (Å²) in [5, 5.41) is 8.60. The van der Waals surface area contributed by atoms with Crippen molar-refractivity contribution in [1.29, 1.82) is 0 Å². The Labute approximate surface area is 175 Å². The fraction of sp³-hybridized carbons (Fsp3) is 0.409. The molecule has 0 spiro atoms. The van der Waals surface area contributed by atoms with Crippen molar-refractivity contribution in [3.8, 4) is 5.75 Å². The number of amides is 3. The molecule has 3 N–H and O–H groups in total. The smallest absolute Gasteiger partial charge is 0.315 e. The van der Waals surface area contributed by atoms with Crippen LogP contribution in [0.15, 0.2) is 42.7 Å². The minimum Gasteiger partial charge on any atom is -0.491 e. The summed E-state index contributed by atoms with van der Waals surface area (Å²) in [6, 6.07) is 9.23. The van der Waals surface area contributed by atoms with E-state index < -0.39 is 0 Å². The lowest BCUT2D eigenvalue weighted by Gasteiger charge is -2.25. The first-order valence-electron chi connectivity index (χ1n) is 10.2. The largest absolute Gasteiger partial charge is 0.491 e. The van der Waals surface area contributed by atoms with Gasteiger partial charge in [-0.1, -0.05) is 18.2 Å². The topological polar surface area (TPSA) is 102 Å². The van der Waals surface area contributed by atoms with Gasteiger partial charge in [-0.3, -0.25) is 9.78 Å². The molecule has 8 nitrogen and oxygen atoms in total. The van der Waals surface area contributed by atoms with Crippen molar-refractivity contribution in [3.63, 3.8) is 0 Å². The second-order valence-electron chi connectivity index (χ2n) is 7.62. The summed E-state index contributed by atoms with van der Waals surface area (Å²) in [4.78, 5) is 28.4. The molecule has 3 heterocycles. The predicted octanol–water partition coefficient (Wildman–Crippen LogP) is 2.42. The highest BCUT2D eigenvalue weighted by atomic mass is 16.5. The van der Waals surface area contributed by atoms with Gasteiger partial charge in [0, 0.05) is 55.4 Å². The van der Waals surface area contributed by atoms with E-state index in [0.717, 1.165) is 36.4 Å². The number of nitrogens with one attached hydrogen (secondary N) is 3. The first kappa shape index (κ1) is 20.2. The Hall–Kier alpha value is -3.13. The van der Waals surface area contributed by atoms with Gasteiger partial charge in [-0.2, -0.15) is 0 Å². The highest BCUT2D eigenvalue weighted by Gasteiger charge is 2.25. The van der Waals surface area contributed by atoms with Crippen LogP contribution in [0.2, 0.25) is 0 Å². The van der Waals surface area contributed by atoms with Gasteiger partial charge in [0.05, 0.1) is 19.4 Å². The molecule has 2 atom stereocenters. The molecule has 0 saturated carbocycles. The summed E-state index contributed by atoms with van der Waals surface area (Å²) in [7, 11) is 0. The van der Waals surface area contributed by atoms with Crippen LogP contribution in [0.3, 0.4) is 0 Å². The van der Waals surface area contributed by atoms with Crippen molar-refractivity contribution in [2.45, 2.75) is 25.3 Å². The number of fused-ring (bicyclic) bond motifs is 1. The van der Waals surface area contributed by atoms with Crippen molar-refractivity contribution >= 4 is 17.6 Å². The molecular formula is C22H26N4O4. The lowest BCUT2D eigenvalue weighted by Crippen LogP contribution is -2.39. The standard InChI is InChI=1S/C22H26N4O4/c27-21-9-17(18-3-1-2-4-19(18)26-21)11-25-22(28)24-10-16-5-7-23-12-20(16)30-14-15-6-8-29-13-15/h1-5,7,12,15,17H,6,8-11,13-14H2,(H,26,27)(H2,24,25,28). The van der Waals surface area contributed by atoms with Gasteiger partial charge < -0.3 is 25.4 Å². The van der Waals surface area contributed by atoms with Crippen molar-refractivity contribution in [1.82, 2.24) is 15.6 Å². The Morgan fingerprint density at radius 1 is 1.27 bits per heavy atom. The number of rotatable bonds is 7. The Kier molecular flexibility index (Phi) is 6.44. The molecule has 1 fully saturated rings. The Bertz CT molecular complexity index is 898. The predicted molar refractivity (Wildman–Crippen MR) is 111 cm³/mol. The number of carbonyl (C=O) groups excluding carboxylic acids is 2. The SMILES string of the molecule is O=C1CC(CNC(=O)NCc2ccncc2OCC2CCOC2)c2ccccc2N1. The van der Waals surface area contributed by atoms with E-state index in [-0.39, 0.29) is 17.9 Å².